The van der Waals surface area contributed by atoms with E-state index in [0.29, 0.717) is 11.0 Å². The second-order valence-corrected chi connectivity index (χ2v) is 6.82. The monoisotopic (exact) mass is 273 g/mol. The second-order valence-electron chi connectivity index (χ2n) is 5.49. The van der Waals surface area contributed by atoms with Crippen molar-refractivity contribution in [1.82, 2.24) is 0 Å². The van der Waals surface area contributed by atoms with E-state index in [2.05, 4.69) is 0 Å². The maximum atomic E-state index is 10.7. The van der Waals surface area contributed by atoms with Gasteiger partial charge in [-0.2, -0.15) is 11.8 Å². The van der Waals surface area contributed by atoms with Gasteiger partial charge in [0.15, 0.2) is 0 Å². The largest absolute Gasteiger partial charge is 0.480 e. The predicted octanol–water partition coefficient (Wildman–Crippen LogP) is 2.01. The van der Waals surface area contributed by atoms with Crippen LogP contribution in [0.15, 0.2) is 0 Å². The van der Waals surface area contributed by atoms with Crippen molar-refractivity contribution < 1.29 is 14.6 Å². The van der Waals surface area contributed by atoms with E-state index in [1.807, 2.05) is 0 Å². The molecule has 1 heterocycles. The molecule has 104 valence electrons. The second kappa shape index (κ2) is 6.26. The molecule has 2 rings (SSSR count). The summed E-state index contributed by atoms with van der Waals surface area (Å²) >= 11 is 1.72. The molecule has 0 aromatic rings. The van der Waals surface area contributed by atoms with Gasteiger partial charge in [0, 0.05) is 17.6 Å². The Bertz CT molecular complexity index is 286. The Balaban J connectivity index is 1.81. The van der Waals surface area contributed by atoms with Crippen molar-refractivity contribution in [3.8, 4) is 0 Å². The zero-order valence-electron chi connectivity index (χ0n) is 10.8. The standard InChI is InChI=1S/C13H23NO3S/c14-11(12(15)16)9-18-10-4-7-17-13(8-10)5-2-1-3-6-13/h10-11H,1-9,14H2,(H,15,16). The lowest BCUT2D eigenvalue weighted by atomic mass is 9.80. The number of carboxylic acids is 1. The molecule has 0 amide bonds. The van der Waals surface area contributed by atoms with Crippen molar-refractivity contribution in [3.05, 3.63) is 0 Å². The molecule has 18 heavy (non-hydrogen) atoms. The molecule has 1 saturated carbocycles. The summed E-state index contributed by atoms with van der Waals surface area (Å²) in [5, 5.41) is 9.31. The van der Waals surface area contributed by atoms with Crippen LogP contribution in [0, 0.1) is 0 Å². The first-order chi connectivity index (χ1) is 8.61. The molecule has 3 N–H and O–H groups in total. The van der Waals surface area contributed by atoms with Crippen LogP contribution in [0.2, 0.25) is 0 Å². The van der Waals surface area contributed by atoms with E-state index >= 15 is 0 Å². The number of carbonyl (C=O) groups is 1. The van der Waals surface area contributed by atoms with Crippen molar-refractivity contribution in [3.63, 3.8) is 0 Å². The number of carboxylic acid groups (broad SMARTS) is 1. The Hall–Kier alpha value is -0.260. The van der Waals surface area contributed by atoms with E-state index in [1.54, 1.807) is 11.8 Å². The Morgan fingerprint density at radius 1 is 1.44 bits per heavy atom. The highest BCUT2D eigenvalue weighted by Crippen LogP contribution is 2.41. The number of ether oxygens (including phenoxy) is 1. The molecule has 0 aromatic heterocycles. The molecule has 0 bridgehead atoms. The fraction of sp³-hybridized carbons (Fsp3) is 0.923. The third-order valence-corrected chi connectivity index (χ3v) is 5.47. The van der Waals surface area contributed by atoms with Gasteiger partial charge >= 0.3 is 5.97 Å². The fourth-order valence-electron chi connectivity index (χ4n) is 2.98. The molecule has 2 aliphatic rings. The summed E-state index contributed by atoms with van der Waals surface area (Å²) in [6.07, 6.45) is 8.32. The summed E-state index contributed by atoms with van der Waals surface area (Å²) in [5.41, 5.74) is 5.65. The van der Waals surface area contributed by atoms with Crippen LogP contribution in [-0.4, -0.2) is 40.3 Å². The van der Waals surface area contributed by atoms with E-state index in [0.717, 1.165) is 19.4 Å². The lowest BCUT2D eigenvalue weighted by Gasteiger charge is -2.43. The highest BCUT2D eigenvalue weighted by atomic mass is 32.2. The van der Waals surface area contributed by atoms with Crippen LogP contribution in [0.3, 0.4) is 0 Å². The van der Waals surface area contributed by atoms with Gasteiger partial charge in [0.1, 0.15) is 6.04 Å². The zero-order valence-corrected chi connectivity index (χ0v) is 11.6. The number of hydrogen-bond acceptors (Lipinski definition) is 4. The average molecular weight is 273 g/mol. The first kappa shape index (κ1) is 14.2. The maximum absolute atomic E-state index is 10.7. The molecule has 2 fully saturated rings. The minimum atomic E-state index is -0.901. The Kier molecular flexibility index (Phi) is 4.92. The summed E-state index contributed by atoms with van der Waals surface area (Å²) in [7, 11) is 0. The van der Waals surface area contributed by atoms with Crippen LogP contribution in [0.5, 0.6) is 0 Å². The topological polar surface area (TPSA) is 72.5 Å². The average Bonchev–Trinajstić information content (AvgIpc) is 2.37. The summed E-state index contributed by atoms with van der Waals surface area (Å²) in [6, 6.07) is -0.736. The van der Waals surface area contributed by atoms with Crippen molar-refractivity contribution in [1.29, 1.82) is 0 Å². The van der Waals surface area contributed by atoms with Gasteiger partial charge in [-0.15, -0.1) is 0 Å². The minimum absolute atomic E-state index is 0.0987. The third-order valence-electron chi connectivity index (χ3n) is 4.04. The first-order valence-corrected chi connectivity index (χ1v) is 7.90. The number of nitrogens with two attached hydrogens (primary N) is 1. The number of hydrogen-bond donors (Lipinski definition) is 2. The van der Waals surface area contributed by atoms with Crippen molar-refractivity contribution in [2.75, 3.05) is 12.4 Å². The van der Waals surface area contributed by atoms with Crippen LogP contribution < -0.4 is 5.73 Å². The molecule has 0 aromatic carbocycles. The van der Waals surface area contributed by atoms with Gasteiger partial charge in [0.25, 0.3) is 0 Å². The van der Waals surface area contributed by atoms with E-state index in [4.69, 9.17) is 15.6 Å². The normalized spacial score (nSPS) is 29.1. The Labute approximate surface area is 113 Å². The highest BCUT2D eigenvalue weighted by Gasteiger charge is 2.38. The van der Waals surface area contributed by atoms with Gasteiger partial charge in [0.05, 0.1) is 5.60 Å². The highest BCUT2D eigenvalue weighted by molar-refractivity contribution is 8.00. The van der Waals surface area contributed by atoms with Gasteiger partial charge < -0.3 is 15.6 Å². The number of thioether (sulfide) groups is 1. The van der Waals surface area contributed by atoms with Crippen molar-refractivity contribution >= 4 is 17.7 Å². The fourth-order valence-corrected chi connectivity index (χ4v) is 4.29. The van der Waals surface area contributed by atoms with Gasteiger partial charge in [-0.3, -0.25) is 4.79 Å². The number of rotatable bonds is 4. The summed E-state index contributed by atoms with van der Waals surface area (Å²) < 4.78 is 6.03. The Morgan fingerprint density at radius 3 is 2.83 bits per heavy atom. The smallest absolute Gasteiger partial charge is 0.321 e. The van der Waals surface area contributed by atoms with Gasteiger partial charge in [0.2, 0.25) is 0 Å². The van der Waals surface area contributed by atoms with Crippen LogP contribution >= 0.6 is 11.8 Å². The van der Waals surface area contributed by atoms with Crippen LogP contribution in [0.25, 0.3) is 0 Å². The van der Waals surface area contributed by atoms with Crippen molar-refractivity contribution in [2.45, 2.75) is 61.8 Å². The van der Waals surface area contributed by atoms with Crippen LogP contribution in [0.1, 0.15) is 44.9 Å². The Morgan fingerprint density at radius 2 is 2.17 bits per heavy atom. The molecular formula is C13H23NO3S. The molecule has 0 radical (unpaired) electrons. The summed E-state index contributed by atoms with van der Waals surface area (Å²) in [6.45, 7) is 0.819. The molecule has 1 aliphatic carbocycles. The quantitative estimate of drug-likeness (QED) is 0.820. The van der Waals surface area contributed by atoms with Crippen molar-refractivity contribution in [2.24, 2.45) is 5.73 Å². The van der Waals surface area contributed by atoms with E-state index < -0.39 is 12.0 Å². The van der Waals surface area contributed by atoms with E-state index in [-0.39, 0.29) is 5.60 Å². The molecular weight excluding hydrogens is 250 g/mol. The molecule has 1 aliphatic heterocycles. The number of aliphatic carboxylic acids is 1. The molecule has 1 spiro atoms. The minimum Gasteiger partial charge on any atom is -0.480 e. The lowest BCUT2D eigenvalue weighted by Crippen LogP contribution is -2.43. The molecule has 2 atom stereocenters. The molecule has 5 heteroatoms. The summed E-state index contributed by atoms with van der Waals surface area (Å²) in [4.78, 5) is 10.7. The molecule has 1 saturated heterocycles. The van der Waals surface area contributed by atoms with Crippen LogP contribution in [0.4, 0.5) is 0 Å². The predicted molar refractivity (Wildman–Crippen MR) is 72.9 cm³/mol. The van der Waals surface area contributed by atoms with E-state index in [1.165, 1.54) is 32.1 Å². The maximum Gasteiger partial charge on any atom is 0.321 e. The van der Waals surface area contributed by atoms with Gasteiger partial charge in [-0.25, -0.2) is 0 Å². The van der Waals surface area contributed by atoms with E-state index in [9.17, 15) is 4.79 Å². The summed E-state index contributed by atoms with van der Waals surface area (Å²) in [5.74, 6) is -0.391. The lowest BCUT2D eigenvalue weighted by molar-refractivity contribution is -0.137. The molecule has 4 nitrogen and oxygen atoms in total. The van der Waals surface area contributed by atoms with Gasteiger partial charge in [-0.1, -0.05) is 19.3 Å². The van der Waals surface area contributed by atoms with Gasteiger partial charge in [-0.05, 0) is 25.7 Å². The SMILES string of the molecule is NC(CSC1CCOC2(CCCCC2)C1)C(=O)O. The third kappa shape index (κ3) is 3.62. The first-order valence-electron chi connectivity index (χ1n) is 6.85. The molecule has 2 unspecified atom stereocenters. The van der Waals surface area contributed by atoms with Crippen LogP contribution in [-0.2, 0) is 9.53 Å². The zero-order chi connectivity index (χ0) is 13.0.